The molecule has 1 unspecified atom stereocenters. The van der Waals surface area contributed by atoms with Gasteiger partial charge in [-0.15, -0.1) is 0 Å². The van der Waals surface area contributed by atoms with E-state index >= 15 is 0 Å². The van der Waals surface area contributed by atoms with E-state index in [-0.39, 0.29) is 6.04 Å². The van der Waals surface area contributed by atoms with Crippen molar-refractivity contribution in [2.24, 2.45) is 0 Å². The molecule has 1 aliphatic heterocycles. The lowest BCUT2D eigenvalue weighted by Crippen LogP contribution is -2.38. The summed E-state index contributed by atoms with van der Waals surface area (Å²) in [4.78, 5) is 3.82. The van der Waals surface area contributed by atoms with Gasteiger partial charge in [0.05, 0.1) is 10.9 Å². The molecule has 5 heteroatoms. The van der Waals surface area contributed by atoms with Crippen LogP contribution in [0.3, 0.4) is 0 Å². The first-order chi connectivity index (χ1) is 14.0. The van der Waals surface area contributed by atoms with Crippen LogP contribution in [0, 0.1) is 6.92 Å². The van der Waals surface area contributed by atoms with E-state index in [0.29, 0.717) is 11.4 Å². The molecule has 0 amide bonds. The fraction of sp³-hybridized carbons (Fsp3) is 0.250. The monoisotopic (exact) mass is 404 g/mol. The van der Waals surface area contributed by atoms with Gasteiger partial charge in [-0.05, 0) is 60.2 Å². The number of para-hydroxylation sites is 1. The number of benzene rings is 3. The molecular formula is C24H24N2O2S. The Labute approximate surface area is 171 Å². The number of aryl methyl sites for hydroxylation is 1. The van der Waals surface area contributed by atoms with E-state index in [1.165, 1.54) is 5.56 Å². The second kappa shape index (κ2) is 7.01. The van der Waals surface area contributed by atoms with E-state index in [4.69, 9.17) is 0 Å². The molecule has 5 rings (SSSR count). The number of aromatic nitrogens is 1. The highest BCUT2D eigenvalue weighted by molar-refractivity contribution is 7.89. The molecule has 0 aliphatic carbocycles. The van der Waals surface area contributed by atoms with Crippen molar-refractivity contribution in [2.45, 2.75) is 37.1 Å². The maximum absolute atomic E-state index is 13.6. The van der Waals surface area contributed by atoms with Crippen molar-refractivity contribution in [1.82, 2.24) is 9.29 Å². The number of aromatic amines is 1. The second-order valence-electron chi connectivity index (χ2n) is 7.95. The maximum Gasteiger partial charge on any atom is 0.243 e. The minimum Gasteiger partial charge on any atom is -0.357 e. The Morgan fingerprint density at radius 1 is 0.897 bits per heavy atom. The lowest BCUT2D eigenvalue weighted by molar-refractivity contribution is 0.252. The third kappa shape index (κ3) is 3.24. The first-order valence-corrected chi connectivity index (χ1v) is 11.6. The standard InChI is InChI=1S/C24H24N2O2S/c1-17-9-10-19-15-21(12-11-18(19)14-17)29(27,28)26-13-5-4-8-24(26)23-16-20-6-2-3-7-22(20)25-23/h2-3,6-7,9-12,14-16,24-25H,4-5,8,13H2,1H3. The van der Waals surface area contributed by atoms with Crippen LogP contribution in [0.5, 0.6) is 0 Å². The molecule has 1 saturated heterocycles. The molecule has 1 N–H and O–H groups in total. The largest absolute Gasteiger partial charge is 0.357 e. The Morgan fingerprint density at radius 2 is 1.69 bits per heavy atom. The van der Waals surface area contributed by atoms with Crippen molar-refractivity contribution < 1.29 is 8.42 Å². The number of nitrogens with zero attached hydrogens (tertiary/aromatic N) is 1. The van der Waals surface area contributed by atoms with Crippen LogP contribution < -0.4 is 0 Å². The highest BCUT2D eigenvalue weighted by atomic mass is 32.2. The number of hydrogen-bond donors (Lipinski definition) is 1. The van der Waals surface area contributed by atoms with E-state index < -0.39 is 10.0 Å². The molecule has 2 heterocycles. The normalized spacial score (nSPS) is 18.4. The lowest BCUT2D eigenvalue weighted by atomic mass is 10.0. The van der Waals surface area contributed by atoms with Gasteiger partial charge in [0.15, 0.2) is 0 Å². The van der Waals surface area contributed by atoms with Crippen molar-refractivity contribution in [3.63, 3.8) is 0 Å². The topological polar surface area (TPSA) is 53.2 Å². The van der Waals surface area contributed by atoms with E-state index in [1.807, 2.05) is 43.3 Å². The van der Waals surface area contributed by atoms with Gasteiger partial charge in [0.1, 0.15) is 0 Å². The number of hydrogen-bond acceptors (Lipinski definition) is 2. The van der Waals surface area contributed by atoms with Gasteiger partial charge in [-0.1, -0.05) is 54.4 Å². The molecule has 29 heavy (non-hydrogen) atoms. The van der Waals surface area contributed by atoms with E-state index in [2.05, 4.69) is 23.2 Å². The van der Waals surface area contributed by atoms with Gasteiger partial charge in [-0.25, -0.2) is 8.42 Å². The fourth-order valence-electron chi connectivity index (χ4n) is 4.42. The fourth-order valence-corrected chi connectivity index (χ4v) is 6.13. The Balaban J connectivity index is 1.56. The summed E-state index contributed by atoms with van der Waals surface area (Å²) in [5.74, 6) is 0. The number of nitrogens with one attached hydrogen (secondary N) is 1. The third-order valence-corrected chi connectivity index (χ3v) is 7.84. The zero-order valence-electron chi connectivity index (χ0n) is 16.4. The van der Waals surface area contributed by atoms with Gasteiger partial charge < -0.3 is 4.98 Å². The summed E-state index contributed by atoms with van der Waals surface area (Å²) < 4.78 is 28.9. The van der Waals surface area contributed by atoms with Crippen LogP contribution in [0.15, 0.2) is 71.6 Å². The number of fused-ring (bicyclic) bond motifs is 2. The molecule has 148 valence electrons. The molecule has 0 radical (unpaired) electrons. The van der Waals surface area contributed by atoms with Gasteiger partial charge in [0.2, 0.25) is 10.0 Å². The summed E-state index contributed by atoms with van der Waals surface area (Å²) in [5, 5.41) is 3.14. The van der Waals surface area contributed by atoms with Gasteiger partial charge in [0, 0.05) is 17.8 Å². The highest BCUT2D eigenvalue weighted by Gasteiger charge is 2.35. The molecule has 4 nitrogen and oxygen atoms in total. The van der Waals surface area contributed by atoms with Crippen molar-refractivity contribution in [1.29, 1.82) is 0 Å². The van der Waals surface area contributed by atoms with Crippen LogP contribution in [-0.4, -0.2) is 24.3 Å². The first kappa shape index (κ1) is 18.4. The quantitative estimate of drug-likeness (QED) is 0.487. The molecule has 1 aliphatic rings. The van der Waals surface area contributed by atoms with Crippen LogP contribution >= 0.6 is 0 Å². The first-order valence-electron chi connectivity index (χ1n) is 10.1. The number of H-pyrrole nitrogens is 1. The van der Waals surface area contributed by atoms with Crippen LogP contribution in [0.2, 0.25) is 0 Å². The van der Waals surface area contributed by atoms with Crippen molar-refractivity contribution >= 4 is 31.7 Å². The zero-order chi connectivity index (χ0) is 20.0. The molecule has 1 fully saturated rings. The van der Waals surface area contributed by atoms with Crippen LogP contribution in [0.4, 0.5) is 0 Å². The van der Waals surface area contributed by atoms with E-state index in [0.717, 1.165) is 46.6 Å². The molecule has 4 aromatic rings. The van der Waals surface area contributed by atoms with Gasteiger partial charge in [-0.2, -0.15) is 4.31 Å². The van der Waals surface area contributed by atoms with Crippen LogP contribution in [0.25, 0.3) is 21.7 Å². The Morgan fingerprint density at radius 3 is 2.55 bits per heavy atom. The van der Waals surface area contributed by atoms with Gasteiger partial charge in [-0.3, -0.25) is 0 Å². The highest BCUT2D eigenvalue weighted by Crippen LogP contribution is 2.36. The minimum atomic E-state index is -3.59. The van der Waals surface area contributed by atoms with E-state index in [9.17, 15) is 8.42 Å². The summed E-state index contributed by atoms with van der Waals surface area (Å²) in [6.07, 6.45) is 2.75. The average molecular weight is 405 g/mol. The van der Waals surface area contributed by atoms with Crippen molar-refractivity contribution in [2.75, 3.05) is 6.54 Å². The second-order valence-corrected chi connectivity index (χ2v) is 9.84. The Hall–Kier alpha value is -2.63. The smallest absolute Gasteiger partial charge is 0.243 e. The Kier molecular flexibility index (Phi) is 4.45. The number of piperidine rings is 1. The summed E-state index contributed by atoms with van der Waals surface area (Å²) in [6, 6.07) is 21.6. The van der Waals surface area contributed by atoms with Gasteiger partial charge >= 0.3 is 0 Å². The Bertz CT molecular complexity index is 1270. The summed E-state index contributed by atoms with van der Waals surface area (Å²) in [5.41, 5.74) is 3.19. The van der Waals surface area contributed by atoms with Crippen LogP contribution in [-0.2, 0) is 10.0 Å². The number of sulfonamides is 1. The van der Waals surface area contributed by atoms with E-state index in [1.54, 1.807) is 16.4 Å². The predicted octanol–water partition coefficient (Wildman–Crippen LogP) is 5.55. The van der Waals surface area contributed by atoms with Crippen molar-refractivity contribution in [3.8, 4) is 0 Å². The zero-order valence-corrected chi connectivity index (χ0v) is 17.2. The summed E-state index contributed by atoms with van der Waals surface area (Å²) in [7, 11) is -3.59. The summed E-state index contributed by atoms with van der Waals surface area (Å²) in [6.45, 7) is 2.59. The lowest BCUT2D eigenvalue weighted by Gasteiger charge is -2.34. The van der Waals surface area contributed by atoms with Crippen LogP contribution in [0.1, 0.15) is 36.6 Å². The minimum absolute atomic E-state index is 0.158. The molecular weight excluding hydrogens is 380 g/mol. The molecule has 0 spiro atoms. The predicted molar refractivity (Wildman–Crippen MR) is 117 cm³/mol. The average Bonchev–Trinajstić information content (AvgIpc) is 3.17. The molecule has 1 aromatic heterocycles. The molecule has 3 aromatic carbocycles. The third-order valence-electron chi connectivity index (χ3n) is 5.94. The molecule has 0 bridgehead atoms. The summed E-state index contributed by atoms with van der Waals surface area (Å²) >= 11 is 0. The SMILES string of the molecule is Cc1ccc2cc(S(=O)(=O)N3CCCCC3c3cc4ccccc4[nH]3)ccc2c1. The molecule has 0 saturated carbocycles. The van der Waals surface area contributed by atoms with Crippen molar-refractivity contribution in [3.05, 3.63) is 78.0 Å². The van der Waals surface area contributed by atoms with Gasteiger partial charge in [0.25, 0.3) is 0 Å². The number of rotatable bonds is 3. The maximum atomic E-state index is 13.6. The molecule has 1 atom stereocenters.